The van der Waals surface area contributed by atoms with Crippen molar-refractivity contribution in [2.45, 2.75) is 31.3 Å². The summed E-state index contributed by atoms with van der Waals surface area (Å²) < 4.78 is 30.8. The van der Waals surface area contributed by atoms with Crippen molar-refractivity contribution < 1.29 is 13.2 Å². The molecule has 0 amide bonds. The van der Waals surface area contributed by atoms with Crippen molar-refractivity contribution in [1.82, 2.24) is 9.88 Å². The number of ether oxygens (including phenoxy) is 1. The summed E-state index contributed by atoms with van der Waals surface area (Å²) in [6.07, 6.45) is 6.12. The smallest absolute Gasteiger partial charge is 0.155 e. The molecule has 34 heavy (non-hydrogen) atoms. The van der Waals surface area contributed by atoms with Gasteiger partial charge in [-0.15, -0.1) is 11.6 Å². The van der Waals surface area contributed by atoms with Crippen LogP contribution in [-0.2, 0) is 16.4 Å². The number of alkyl halides is 1. The zero-order valence-electron chi connectivity index (χ0n) is 18.8. The molecule has 0 radical (unpaired) electrons. The summed E-state index contributed by atoms with van der Waals surface area (Å²) >= 11 is 12.1. The normalized spacial score (nSPS) is 23.2. The third-order valence-electron chi connectivity index (χ3n) is 6.88. The van der Waals surface area contributed by atoms with Crippen LogP contribution in [0.25, 0.3) is 16.6 Å². The Morgan fingerprint density at radius 2 is 1.97 bits per heavy atom. The summed E-state index contributed by atoms with van der Waals surface area (Å²) in [6.45, 7) is 1.02. The van der Waals surface area contributed by atoms with Crippen LogP contribution >= 0.6 is 23.2 Å². The third-order valence-corrected chi connectivity index (χ3v) is 8.45. The third kappa shape index (κ3) is 4.29. The molecule has 2 aromatic carbocycles. The Bertz CT molecular complexity index is 1410. The summed E-state index contributed by atoms with van der Waals surface area (Å²) in [5.74, 6) is 0.968. The fraction of sp³-hybridized carbons (Fsp3) is 0.400. The van der Waals surface area contributed by atoms with Gasteiger partial charge in [0, 0.05) is 35.6 Å². The number of aromatic nitrogens is 1. The van der Waals surface area contributed by atoms with Crippen LogP contribution < -0.4 is 10.1 Å². The van der Waals surface area contributed by atoms with E-state index in [4.69, 9.17) is 27.9 Å². The van der Waals surface area contributed by atoms with E-state index < -0.39 is 9.84 Å². The molecule has 178 valence electrons. The van der Waals surface area contributed by atoms with Crippen LogP contribution in [0.3, 0.4) is 0 Å². The van der Waals surface area contributed by atoms with E-state index in [0.29, 0.717) is 28.0 Å². The van der Waals surface area contributed by atoms with E-state index >= 15 is 0 Å². The van der Waals surface area contributed by atoms with Gasteiger partial charge in [0.2, 0.25) is 0 Å². The number of hydrogen-bond donors (Lipinski definition) is 1. The number of fused-ring (bicyclic) bond motifs is 1. The Hall–Kier alpha value is -2.24. The first-order valence-corrected chi connectivity index (χ1v) is 14.1. The van der Waals surface area contributed by atoms with Crippen molar-refractivity contribution in [1.29, 1.82) is 5.26 Å². The quantitative estimate of drug-likeness (QED) is 0.411. The highest BCUT2D eigenvalue weighted by atomic mass is 35.5. The molecule has 0 atom stereocenters. The number of hydrogen-bond acceptors (Lipinski definition) is 5. The fourth-order valence-corrected chi connectivity index (χ4v) is 7.56. The van der Waals surface area contributed by atoms with E-state index in [1.807, 2.05) is 16.8 Å². The standard InChI is InChI=1S/C25H25Cl2N3O3S/c1-34(31,32)16-24-13-25(14-24,15-24)29-12-17-2-3-22-18(8-17)4-6-30(22)20-9-19(11-28)23(21(27)10-20)33-7-5-26/h2-4,6,8-10,29H,5,7,12-16H2,1H3. The molecule has 3 fully saturated rings. The predicted octanol–water partition coefficient (Wildman–Crippen LogP) is 4.83. The van der Waals surface area contributed by atoms with Gasteiger partial charge in [-0.25, -0.2) is 8.42 Å². The van der Waals surface area contributed by atoms with Gasteiger partial charge in [0.05, 0.1) is 27.7 Å². The average Bonchev–Trinajstić information content (AvgIpc) is 3.15. The van der Waals surface area contributed by atoms with Crippen molar-refractivity contribution in [3.8, 4) is 17.5 Å². The maximum Gasteiger partial charge on any atom is 0.155 e. The summed E-state index contributed by atoms with van der Waals surface area (Å²) in [6, 6.07) is 14.1. The number of halogens is 2. The van der Waals surface area contributed by atoms with Gasteiger partial charge in [-0.05, 0) is 60.6 Å². The van der Waals surface area contributed by atoms with Gasteiger partial charge in [-0.1, -0.05) is 17.7 Å². The number of nitrogens with zero attached hydrogens (tertiary/aromatic N) is 2. The highest BCUT2D eigenvalue weighted by Gasteiger charge is 2.68. The van der Waals surface area contributed by atoms with Gasteiger partial charge in [-0.2, -0.15) is 5.26 Å². The first kappa shape index (κ1) is 23.5. The van der Waals surface area contributed by atoms with E-state index in [1.54, 1.807) is 12.1 Å². The molecular weight excluding hydrogens is 493 g/mol. The highest BCUT2D eigenvalue weighted by Crippen LogP contribution is 2.67. The average molecular weight is 518 g/mol. The lowest BCUT2D eigenvalue weighted by atomic mass is 9.40. The largest absolute Gasteiger partial charge is 0.489 e. The van der Waals surface area contributed by atoms with Gasteiger partial charge in [-0.3, -0.25) is 0 Å². The second-order valence-corrected chi connectivity index (χ2v) is 12.7. The van der Waals surface area contributed by atoms with E-state index in [1.165, 1.54) is 11.8 Å². The molecule has 1 N–H and O–H groups in total. The van der Waals surface area contributed by atoms with E-state index in [0.717, 1.165) is 42.4 Å². The monoisotopic (exact) mass is 517 g/mol. The minimum atomic E-state index is -2.93. The number of sulfone groups is 1. The fourth-order valence-electron chi connectivity index (χ4n) is 5.80. The molecule has 1 heterocycles. The second kappa shape index (κ2) is 8.46. The Morgan fingerprint density at radius 1 is 1.21 bits per heavy atom. The molecule has 3 saturated carbocycles. The van der Waals surface area contributed by atoms with Crippen LogP contribution in [-0.4, -0.2) is 43.0 Å². The maximum absolute atomic E-state index is 11.6. The molecule has 0 aliphatic heterocycles. The summed E-state index contributed by atoms with van der Waals surface area (Å²) in [5, 5.41) is 14.7. The molecule has 0 unspecified atom stereocenters. The number of rotatable bonds is 9. The zero-order chi connectivity index (χ0) is 24.1. The summed E-state index contributed by atoms with van der Waals surface area (Å²) in [5.41, 5.74) is 3.44. The van der Waals surface area contributed by atoms with Gasteiger partial charge in [0.1, 0.15) is 22.5 Å². The topological polar surface area (TPSA) is 84.1 Å². The van der Waals surface area contributed by atoms with Crippen molar-refractivity contribution in [3.05, 3.63) is 58.7 Å². The Labute approximate surface area is 209 Å². The first-order chi connectivity index (χ1) is 16.1. The predicted molar refractivity (Wildman–Crippen MR) is 135 cm³/mol. The molecule has 6 rings (SSSR count). The Kier molecular flexibility index (Phi) is 5.84. The van der Waals surface area contributed by atoms with Crippen molar-refractivity contribution >= 4 is 43.9 Å². The minimum absolute atomic E-state index is 0.00979. The summed E-state index contributed by atoms with van der Waals surface area (Å²) in [4.78, 5) is 0. The molecular formula is C25H25Cl2N3O3S. The van der Waals surface area contributed by atoms with Crippen LogP contribution in [0.15, 0.2) is 42.6 Å². The van der Waals surface area contributed by atoms with Crippen molar-refractivity contribution in [2.75, 3.05) is 24.5 Å². The Morgan fingerprint density at radius 3 is 2.65 bits per heavy atom. The van der Waals surface area contributed by atoms with E-state index in [9.17, 15) is 13.7 Å². The lowest BCUT2D eigenvalue weighted by Gasteiger charge is -2.71. The van der Waals surface area contributed by atoms with E-state index in [-0.39, 0.29) is 17.6 Å². The Balaban J connectivity index is 1.31. The highest BCUT2D eigenvalue weighted by molar-refractivity contribution is 7.90. The van der Waals surface area contributed by atoms with Gasteiger partial charge in [0.25, 0.3) is 0 Å². The minimum Gasteiger partial charge on any atom is -0.489 e. The molecule has 0 spiro atoms. The van der Waals surface area contributed by atoms with Crippen LogP contribution in [0.1, 0.15) is 30.4 Å². The number of nitrogens with one attached hydrogen (secondary N) is 1. The van der Waals surface area contributed by atoms with Gasteiger partial charge >= 0.3 is 0 Å². The lowest BCUT2D eigenvalue weighted by molar-refractivity contribution is -0.138. The molecule has 2 bridgehead atoms. The zero-order valence-corrected chi connectivity index (χ0v) is 21.1. The molecule has 3 aromatic rings. The lowest BCUT2D eigenvalue weighted by Crippen LogP contribution is -2.75. The van der Waals surface area contributed by atoms with E-state index in [2.05, 4.69) is 29.6 Å². The molecule has 9 heteroatoms. The summed E-state index contributed by atoms with van der Waals surface area (Å²) in [7, 11) is -2.93. The van der Waals surface area contributed by atoms with Crippen molar-refractivity contribution in [2.24, 2.45) is 5.41 Å². The van der Waals surface area contributed by atoms with Crippen LogP contribution in [0.4, 0.5) is 0 Å². The molecule has 6 nitrogen and oxygen atoms in total. The maximum atomic E-state index is 11.6. The number of nitriles is 1. The van der Waals surface area contributed by atoms with Crippen molar-refractivity contribution in [3.63, 3.8) is 0 Å². The molecule has 3 aliphatic carbocycles. The number of benzene rings is 2. The van der Waals surface area contributed by atoms with Crippen LogP contribution in [0.2, 0.25) is 5.02 Å². The molecule has 1 aromatic heterocycles. The van der Waals surface area contributed by atoms with Crippen LogP contribution in [0, 0.1) is 16.7 Å². The van der Waals surface area contributed by atoms with Gasteiger partial charge < -0.3 is 14.6 Å². The molecule has 3 aliphatic rings. The second-order valence-electron chi connectivity index (χ2n) is 9.77. The molecule has 0 saturated heterocycles. The van der Waals surface area contributed by atoms with Gasteiger partial charge in [0.15, 0.2) is 5.75 Å². The SMILES string of the molecule is CS(=O)(=O)CC12CC(NCc3ccc4c(ccn4-c4cc(Cl)c(OCCCl)c(C#N)c4)c3)(C1)C2. The first-order valence-electron chi connectivity index (χ1n) is 11.1. The van der Waals surface area contributed by atoms with Crippen LogP contribution in [0.5, 0.6) is 5.75 Å².